The summed E-state index contributed by atoms with van der Waals surface area (Å²) in [5, 5.41) is 3.15. The summed E-state index contributed by atoms with van der Waals surface area (Å²) in [6, 6.07) is 0.338. The molecule has 8 heteroatoms. The summed E-state index contributed by atoms with van der Waals surface area (Å²) < 4.78 is 17.7. The van der Waals surface area contributed by atoms with Crippen LogP contribution in [0.3, 0.4) is 0 Å². The molecule has 0 saturated carbocycles. The lowest BCUT2D eigenvalue weighted by molar-refractivity contribution is -0.121. The molecule has 0 aromatic carbocycles. The second-order valence-electron chi connectivity index (χ2n) is 4.86. The number of rotatable bonds is 12. The van der Waals surface area contributed by atoms with E-state index in [0.717, 1.165) is 19.3 Å². The molecule has 0 aliphatic heterocycles. The lowest BCUT2D eigenvalue weighted by Gasteiger charge is -2.31. The van der Waals surface area contributed by atoms with E-state index >= 15 is 0 Å². The molecule has 0 radical (unpaired) electrons. The zero-order chi connectivity index (χ0) is 16.1. The van der Waals surface area contributed by atoms with Crippen LogP contribution in [0, 0.1) is 5.92 Å². The van der Waals surface area contributed by atoms with Crippen molar-refractivity contribution >= 4 is 14.7 Å². The van der Waals surface area contributed by atoms with Gasteiger partial charge < -0.3 is 13.3 Å². The van der Waals surface area contributed by atoms with Gasteiger partial charge in [0.1, 0.15) is 0 Å². The minimum Gasteiger partial charge on any atom is -0.373 e. The quantitative estimate of drug-likeness (QED) is 0.237. The molecule has 7 nitrogen and oxygen atoms in total. The van der Waals surface area contributed by atoms with Crippen molar-refractivity contribution in [1.29, 1.82) is 0 Å². The van der Waals surface area contributed by atoms with Gasteiger partial charge in [0.2, 0.25) is 5.91 Å². The van der Waals surface area contributed by atoms with Crippen LogP contribution in [0.4, 0.5) is 0 Å². The topological polar surface area (TPSA) is 93.5 Å². The lowest BCUT2D eigenvalue weighted by atomic mass is 10.2. The van der Waals surface area contributed by atoms with Crippen LogP contribution >= 0.6 is 0 Å². The first-order valence-electron chi connectivity index (χ1n) is 7.56. The van der Waals surface area contributed by atoms with Crippen molar-refractivity contribution in [2.24, 2.45) is 11.0 Å². The molecule has 0 spiro atoms. The predicted molar refractivity (Wildman–Crippen MR) is 82.6 cm³/mol. The van der Waals surface area contributed by atoms with Gasteiger partial charge in [0.15, 0.2) is 0 Å². The molecule has 0 aromatic heterocycles. The Morgan fingerprint density at radius 1 is 1.10 bits per heavy atom. The Bertz CT molecular complexity index is 327. The number of azide groups is 1. The molecule has 0 aliphatic carbocycles. The van der Waals surface area contributed by atoms with E-state index < -0.39 is 20.6 Å². The van der Waals surface area contributed by atoms with E-state index in [0.29, 0.717) is 25.9 Å². The Morgan fingerprint density at radius 3 is 1.86 bits per heavy atom. The fourth-order valence-corrected chi connectivity index (χ4v) is 4.75. The van der Waals surface area contributed by atoms with Crippen molar-refractivity contribution in [2.75, 3.05) is 19.8 Å². The van der Waals surface area contributed by atoms with Gasteiger partial charge in [-0.2, -0.15) is 0 Å². The van der Waals surface area contributed by atoms with Crippen molar-refractivity contribution in [1.82, 2.24) is 0 Å². The smallest absolute Gasteiger partial charge is 0.373 e. The second kappa shape index (κ2) is 11.7. The van der Waals surface area contributed by atoms with E-state index in [9.17, 15) is 4.79 Å². The van der Waals surface area contributed by atoms with E-state index in [1.165, 1.54) is 0 Å². The van der Waals surface area contributed by atoms with Crippen molar-refractivity contribution < 1.29 is 18.1 Å². The Hall–Kier alpha value is -0.923. The summed E-state index contributed by atoms with van der Waals surface area (Å²) in [7, 11) is -2.92. The standard InChI is InChI=1S/C13H27N3O4Si/c1-5-8-18-21(19-9-6-2,20-10-7-3)11-12(4)13(17)15-16-14/h12H,5-11H2,1-4H3. The van der Waals surface area contributed by atoms with Crippen LogP contribution < -0.4 is 0 Å². The Kier molecular flexibility index (Phi) is 11.2. The first-order chi connectivity index (χ1) is 10.0. The molecule has 0 saturated heterocycles. The van der Waals surface area contributed by atoms with Gasteiger partial charge >= 0.3 is 8.80 Å². The molecule has 21 heavy (non-hydrogen) atoms. The molecule has 0 rings (SSSR count). The molecule has 1 amide bonds. The molecule has 0 aromatic rings. The van der Waals surface area contributed by atoms with Crippen LogP contribution in [0.5, 0.6) is 0 Å². The summed E-state index contributed by atoms with van der Waals surface area (Å²) in [6.07, 6.45) is 2.54. The highest BCUT2D eigenvalue weighted by atomic mass is 28.4. The lowest BCUT2D eigenvalue weighted by Crippen LogP contribution is -2.48. The van der Waals surface area contributed by atoms with E-state index in [4.69, 9.17) is 18.8 Å². The van der Waals surface area contributed by atoms with Gasteiger partial charge in [-0.3, -0.25) is 4.79 Å². The molecule has 1 unspecified atom stereocenters. The molecule has 0 fully saturated rings. The Balaban J connectivity index is 5.00. The SMILES string of the molecule is CCCO[Si](CC(C)C(=O)N=[N+]=[N-])(OCCC)OCCC. The molecule has 122 valence electrons. The van der Waals surface area contributed by atoms with Crippen LogP contribution in [0.2, 0.25) is 6.04 Å². The van der Waals surface area contributed by atoms with E-state index in [1.54, 1.807) is 6.92 Å². The Labute approximate surface area is 128 Å². The van der Waals surface area contributed by atoms with Crippen LogP contribution in [0.1, 0.15) is 47.0 Å². The van der Waals surface area contributed by atoms with Gasteiger partial charge in [0, 0.05) is 36.7 Å². The number of amides is 1. The number of carbonyl (C=O) groups is 1. The van der Waals surface area contributed by atoms with E-state index in [-0.39, 0.29) is 0 Å². The summed E-state index contributed by atoms with van der Waals surface area (Å²) in [4.78, 5) is 14.2. The van der Waals surface area contributed by atoms with Crippen molar-refractivity contribution in [3.8, 4) is 0 Å². The number of hydrogen-bond acceptors (Lipinski definition) is 4. The molecule has 0 aliphatic rings. The average Bonchev–Trinajstić information content (AvgIpc) is 2.48. The van der Waals surface area contributed by atoms with Crippen LogP contribution in [-0.4, -0.2) is 34.5 Å². The maximum absolute atomic E-state index is 11.7. The van der Waals surface area contributed by atoms with Crippen molar-refractivity contribution in [3.63, 3.8) is 0 Å². The van der Waals surface area contributed by atoms with Gasteiger partial charge in [-0.1, -0.05) is 27.7 Å². The molecule has 0 N–H and O–H groups in total. The van der Waals surface area contributed by atoms with Crippen molar-refractivity contribution in [2.45, 2.75) is 53.0 Å². The predicted octanol–water partition coefficient (Wildman–Crippen LogP) is 3.68. The normalized spacial score (nSPS) is 12.8. The summed E-state index contributed by atoms with van der Waals surface area (Å²) in [6.45, 7) is 9.32. The van der Waals surface area contributed by atoms with Gasteiger partial charge in [-0.25, -0.2) is 0 Å². The number of nitrogens with zero attached hydrogens (tertiary/aromatic N) is 3. The number of hydrogen-bond donors (Lipinski definition) is 0. The zero-order valence-electron chi connectivity index (χ0n) is 13.5. The number of carbonyl (C=O) groups excluding carboxylic acids is 1. The first kappa shape index (κ1) is 20.1. The fraction of sp³-hybridized carbons (Fsp3) is 0.923. The Morgan fingerprint density at radius 2 is 1.52 bits per heavy atom. The van der Waals surface area contributed by atoms with Gasteiger partial charge in [-0.15, -0.1) is 0 Å². The van der Waals surface area contributed by atoms with Crippen LogP contribution in [0.25, 0.3) is 10.4 Å². The highest BCUT2D eigenvalue weighted by Crippen LogP contribution is 2.23. The third kappa shape index (κ3) is 8.18. The maximum atomic E-state index is 11.7. The van der Waals surface area contributed by atoms with Gasteiger partial charge in [-0.05, 0) is 29.9 Å². The maximum Gasteiger partial charge on any atom is 0.501 e. The molecular formula is C13H27N3O4Si. The van der Waals surface area contributed by atoms with Gasteiger partial charge in [0.05, 0.1) is 0 Å². The van der Waals surface area contributed by atoms with Crippen LogP contribution in [0.15, 0.2) is 5.11 Å². The monoisotopic (exact) mass is 317 g/mol. The third-order valence-corrected chi connectivity index (χ3v) is 5.74. The zero-order valence-corrected chi connectivity index (χ0v) is 14.5. The summed E-state index contributed by atoms with van der Waals surface area (Å²) in [5.41, 5.74) is 8.36. The highest BCUT2D eigenvalue weighted by Gasteiger charge is 2.43. The molecule has 1 atom stereocenters. The van der Waals surface area contributed by atoms with Crippen LogP contribution in [-0.2, 0) is 18.1 Å². The summed E-state index contributed by atoms with van der Waals surface area (Å²) >= 11 is 0. The van der Waals surface area contributed by atoms with E-state index in [2.05, 4.69) is 10.0 Å². The largest absolute Gasteiger partial charge is 0.501 e. The molecule has 0 bridgehead atoms. The minimum atomic E-state index is -2.92. The second-order valence-corrected chi connectivity index (χ2v) is 7.50. The highest BCUT2D eigenvalue weighted by molar-refractivity contribution is 6.61. The first-order valence-corrected chi connectivity index (χ1v) is 9.49. The van der Waals surface area contributed by atoms with Crippen molar-refractivity contribution in [3.05, 3.63) is 10.4 Å². The minimum absolute atomic E-state index is 0.338. The third-order valence-electron chi connectivity index (χ3n) is 2.70. The van der Waals surface area contributed by atoms with E-state index in [1.807, 2.05) is 20.8 Å². The fourth-order valence-electron chi connectivity index (χ4n) is 1.68. The molecule has 0 heterocycles. The molecular weight excluding hydrogens is 290 g/mol. The summed E-state index contributed by atoms with van der Waals surface area (Å²) in [5.74, 6) is -0.979. The average molecular weight is 317 g/mol. The van der Waals surface area contributed by atoms with Gasteiger partial charge in [0.25, 0.3) is 0 Å².